The van der Waals surface area contributed by atoms with Crippen molar-refractivity contribution in [2.75, 3.05) is 13.1 Å². The summed E-state index contributed by atoms with van der Waals surface area (Å²) < 4.78 is 0. The Morgan fingerprint density at radius 2 is 1.94 bits per heavy atom. The zero-order valence-electron chi connectivity index (χ0n) is 9.90. The van der Waals surface area contributed by atoms with E-state index in [1.807, 2.05) is 11.0 Å². The molecule has 2 rings (SSSR count). The van der Waals surface area contributed by atoms with Crippen LogP contribution < -0.4 is 0 Å². The van der Waals surface area contributed by atoms with E-state index in [-0.39, 0.29) is 0 Å². The Morgan fingerprint density at radius 3 is 2.50 bits per heavy atom. The van der Waals surface area contributed by atoms with E-state index >= 15 is 0 Å². The summed E-state index contributed by atoms with van der Waals surface area (Å²) >= 11 is 11.8. The Labute approximate surface area is 116 Å². The van der Waals surface area contributed by atoms with Gasteiger partial charge in [-0.25, -0.2) is 0 Å². The third kappa shape index (κ3) is 3.16. The number of carboxylic acids is 1. The lowest BCUT2D eigenvalue weighted by molar-refractivity contribution is -0.142. The van der Waals surface area contributed by atoms with E-state index in [9.17, 15) is 9.90 Å². The molecular weight excluding hydrogens is 273 g/mol. The Balaban J connectivity index is 2.12. The first-order chi connectivity index (χ1) is 8.58. The smallest absolute Gasteiger partial charge is 0.321 e. The lowest BCUT2D eigenvalue weighted by Crippen LogP contribution is -2.40. The van der Waals surface area contributed by atoms with Crippen LogP contribution in [0.1, 0.15) is 18.4 Å². The van der Waals surface area contributed by atoms with E-state index in [0.29, 0.717) is 16.5 Å². The number of hydrogen-bond donors (Lipinski definition) is 1. The van der Waals surface area contributed by atoms with Gasteiger partial charge in [0.15, 0.2) is 0 Å². The first-order valence-electron chi connectivity index (χ1n) is 5.98. The molecular formula is C13H15Cl2NO2. The SMILES string of the molecule is O=C(O)C(Cc1ccc(Cl)c(Cl)c1)N1CCCC1. The largest absolute Gasteiger partial charge is 0.480 e. The minimum Gasteiger partial charge on any atom is -0.480 e. The molecule has 1 saturated heterocycles. The molecule has 3 nitrogen and oxygen atoms in total. The Kier molecular flexibility index (Phi) is 4.49. The van der Waals surface area contributed by atoms with Crippen LogP contribution in [0, 0.1) is 0 Å². The summed E-state index contributed by atoms with van der Waals surface area (Å²) in [6.45, 7) is 1.72. The molecule has 0 spiro atoms. The molecule has 0 radical (unpaired) electrons. The van der Waals surface area contributed by atoms with E-state index in [1.54, 1.807) is 12.1 Å². The minimum absolute atomic E-state index is 0.465. The van der Waals surface area contributed by atoms with Gasteiger partial charge in [-0.3, -0.25) is 9.69 Å². The van der Waals surface area contributed by atoms with Gasteiger partial charge >= 0.3 is 5.97 Å². The normalized spacial score (nSPS) is 17.9. The number of aliphatic carboxylic acids is 1. The molecule has 1 fully saturated rings. The maximum atomic E-state index is 11.3. The van der Waals surface area contributed by atoms with Gasteiger partial charge in [-0.15, -0.1) is 0 Å². The topological polar surface area (TPSA) is 40.5 Å². The lowest BCUT2D eigenvalue weighted by Gasteiger charge is -2.23. The molecule has 0 bridgehead atoms. The molecule has 1 aliphatic rings. The van der Waals surface area contributed by atoms with Gasteiger partial charge in [-0.1, -0.05) is 29.3 Å². The highest BCUT2D eigenvalue weighted by molar-refractivity contribution is 6.42. The van der Waals surface area contributed by atoms with Gasteiger partial charge in [-0.05, 0) is 50.0 Å². The highest BCUT2D eigenvalue weighted by Gasteiger charge is 2.27. The van der Waals surface area contributed by atoms with E-state index in [0.717, 1.165) is 31.5 Å². The number of likely N-dealkylation sites (tertiary alicyclic amines) is 1. The molecule has 1 heterocycles. The molecule has 0 aromatic heterocycles. The molecule has 0 aliphatic carbocycles. The molecule has 1 atom stereocenters. The molecule has 98 valence electrons. The first-order valence-corrected chi connectivity index (χ1v) is 6.74. The molecule has 0 saturated carbocycles. The van der Waals surface area contributed by atoms with Crippen molar-refractivity contribution in [1.82, 2.24) is 4.90 Å². The van der Waals surface area contributed by atoms with E-state index in [2.05, 4.69) is 0 Å². The van der Waals surface area contributed by atoms with Crippen LogP contribution in [0.15, 0.2) is 18.2 Å². The maximum Gasteiger partial charge on any atom is 0.321 e. The molecule has 1 aliphatic heterocycles. The number of rotatable bonds is 4. The second-order valence-electron chi connectivity index (χ2n) is 4.55. The van der Waals surface area contributed by atoms with Crippen molar-refractivity contribution in [3.8, 4) is 0 Å². The fourth-order valence-corrected chi connectivity index (χ4v) is 2.64. The van der Waals surface area contributed by atoms with E-state index in [4.69, 9.17) is 23.2 Å². The standard InChI is InChI=1S/C13H15Cl2NO2/c14-10-4-3-9(7-11(10)15)8-12(13(17)18)16-5-1-2-6-16/h3-4,7,12H,1-2,5-6,8H2,(H,17,18). The molecule has 1 aromatic carbocycles. The number of carbonyl (C=O) groups is 1. The fourth-order valence-electron chi connectivity index (χ4n) is 2.32. The van der Waals surface area contributed by atoms with Crippen molar-refractivity contribution in [3.05, 3.63) is 33.8 Å². The molecule has 1 N–H and O–H groups in total. The first kappa shape index (κ1) is 13.7. The van der Waals surface area contributed by atoms with Crippen LogP contribution in [-0.4, -0.2) is 35.1 Å². The summed E-state index contributed by atoms with van der Waals surface area (Å²) in [5.74, 6) is -0.775. The van der Waals surface area contributed by atoms with Crippen molar-refractivity contribution >= 4 is 29.2 Å². The zero-order chi connectivity index (χ0) is 13.1. The van der Waals surface area contributed by atoms with Crippen molar-refractivity contribution in [2.45, 2.75) is 25.3 Å². The van der Waals surface area contributed by atoms with Gasteiger partial charge in [0.1, 0.15) is 6.04 Å². The number of hydrogen-bond acceptors (Lipinski definition) is 2. The van der Waals surface area contributed by atoms with Crippen LogP contribution in [0.25, 0.3) is 0 Å². The maximum absolute atomic E-state index is 11.3. The van der Waals surface area contributed by atoms with Crippen LogP contribution in [0.3, 0.4) is 0 Å². The summed E-state index contributed by atoms with van der Waals surface area (Å²) in [5, 5.41) is 10.3. The van der Waals surface area contributed by atoms with Crippen molar-refractivity contribution < 1.29 is 9.90 Å². The highest BCUT2D eigenvalue weighted by atomic mass is 35.5. The second kappa shape index (κ2) is 5.91. The summed E-state index contributed by atoms with van der Waals surface area (Å²) in [4.78, 5) is 13.4. The van der Waals surface area contributed by atoms with E-state index < -0.39 is 12.0 Å². The highest BCUT2D eigenvalue weighted by Crippen LogP contribution is 2.24. The van der Waals surface area contributed by atoms with Gasteiger partial charge in [-0.2, -0.15) is 0 Å². The average molecular weight is 288 g/mol. The number of benzene rings is 1. The average Bonchev–Trinajstić information content (AvgIpc) is 2.83. The van der Waals surface area contributed by atoms with Gasteiger partial charge in [0.05, 0.1) is 10.0 Å². The molecule has 1 aromatic rings. The van der Waals surface area contributed by atoms with Crippen LogP contribution >= 0.6 is 23.2 Å². The zero-order valence-corrected chi connectivity index (χ0v) is 11.4. The van der Waals surface area contributed by atoms with Crippen molar-refractivity contribution in [1.29, 1.82) is 0 Å². The molecule has 0 amide bonds. The summed E-state index contributed by atoms with van der Waals surface area (Å²) in [6.07, 6.45) is 2.61. The van der Waals surface area contributed by atoms with Crippen LogP contribution in [0.4, 0.5) is 0 Å². The Bertz CT molecular complexity index is 445. The molecule has 5 heteroatoms. The number of carboxylic acid groups (broad SMARTS) is 1. The van der Waals surface area contributed by atoms with Crippen LogP contribution in [-0.2, 0) is 11.2 Å². The predicted octanol–water partition coefficient (Wildman–Crippen LogP) is 3.08. The van der Waals surface area contributed by atoms with Crippen molar-refractivity contribution in [2.24, 2.45) is 0 Å². The van der Waals surface area contributed by atoms with Crippen LogP contribution in [0.2, 0.25) is 10.0 Å². The minimum atomic E-state index is -0.775. The quantitative estimate of drug-likeness (QED) is 0.925. The molecule has 18 heavy (non-hydrogen) atoms. The van der Waals surface area contributed by atoms with Gasteiger partial charge in [0, 0.05) is 0 Å². The van der Waals surface area contributed by atoms with Gasteiger partial charge in [0.25, 0.3) is 0 Å². The Hall–Kier alpha value is -0.770. The number of halogens is 2. The second-order valence-corrected chi connectivity index (χ2v) is 5.36. The van der Waals surface area contributed by atoms with Crippen molar-refractivity contribution in [3.63, 3.8) is 0 Å². The van der Waals surface area contributed by atoms with Crippen LogP contribution in [0.5, 0.6) is 0 Å². The molecule has 1 unspecified atom stereocenters. The Morgan fingerprint density at radius 1 is 1.28 bits per heavy atom. The lowest BCUT2D eigenvalue weighted by atomic mass is 10.1. The van der Waals surface area contributed by atoms with E-state index in [1.165, 1.54) is 0 Å². The monoisotopic (exact) mass is 287 g/mol. The third-order valence-corrected chi connectivity index (χ3v) is 4.02. The van der Waals surface area contributed by atoms with Gasteiger partial charge in [0.2, 0.25) is 0 Å². The fraction of sp³-hybridized carbons (Fsp3) is 0.462. The summed E-state index contributed by atoms with van der Waals surface area (Å²) in [7, 11) is 0. The number of nitrogens with zero attached hydrogens (tertiary/aromatic N) is 1. The summed E-state index contributed by atoms with van der Waals surface area (Å²) in [6, 6.07) is 4.82. The third-order valence-electron chi connectivity index (χ3n) is 3.28. The van der Waals surface area contributed by atoms with Gasteiger partial charge < -0.3 is 5.11 Å². The predicted molar refractivity (Wildman–Crippen MR) is 72.4 cm³/mol. The summed E-state index contributed by atoms with van der Waals surface area (Å²) in [5.41, 5.74) is 0.906.